The molecule has 0 aliphatic carbocycles. The van der Waals surface area contributed by atoms with Gasteiger partial charge in [0.2, 0.25) is 5.91 Å². The second-order valence-corrected chi connectivity index (χ2v) is 6.30. The molecule has 0 radical (unpaired) electrons. The van der Waals surface area contributed by atoms with E-state index in [1.54, 1.807) is 38.3 Å². The third kappa shape index (κ3) is 4.20. The van der Waals surface area contributed by atoms with E-state index >= 15 is 0 Å². The lowest BCUT2D eigenvalue weighted by Crippen LogP contribution is -2.14. The molecule has 0 fully saturated rings. The summed E-state index contributed by atoms with van der Waals surface area (Å²) < 4.78 is 24.3. The highest BCUT2D eigenvalue weighted by atomic mass is 32.2. The largest absolute Gasteiger partial charge is 0.496 e. The minimum Gasteiger partial charge on any atom is -0.496 e. The van der Waals surface area contributed by atoms with Crippen LogP contribution in [0.2, 0.25) is 0 Å². The number of benzene rings is 2. The third-order valence-electron chi connectivity index (χ3n) is 3.53. The molecule has 0 aliphatic rings. The Labute approximate surface area is 153 Å². The highest BCUT2D eigenvalue weighted by Gasteiger charge is 2.14. The van der Waals surface area contributed by atoms with Crippen LogP contribution in [0.4, 0.5) is 10.1 Å². The number of rotatable bonds is 6. The molecule has 0 aliphatic heterocycles. The van der Waals surface area contributed by atoms with Gasteiger partial charge in [-0.1, -0.05) is 30.0 Å². The number of ether oxygens (including phenoxy) is 1. The number of halogens is 1. The average molecular weight is 373 g/mol. The molecule has 0 spiro atoms. The standard InChI is InChI=1S/C18H16FN3O3S/c1-11-7-8-12(9-14(11)19)20-16(23)10-26-18-22-21-17(25-18)13-5-3-4-6-15(13)24-2/h3-9H,10H2,1-2H3,(H,20,23). The fourth-order valence-corrected chi connectivity index (χ4v) is 2.76. The molecule has 134 valence electrons. The number of amides is 1. The van der Waals surface area contributed by atoms with Crippen molar-refractivity contribution in [3.63, 3.8) is 0 Å². The maximum absolute atomic E-state index is 13.5. The van der Waals surface area contributed by atoms with Gasteiger partial charge in [0.25, 0.3) is 11.1 Å². The molecule has 1 heterocycles. The number of methoxy groups -OCH3 is 1. The van der Waals surface area contributed by atoms with Gasteiger partial charge >= 0.3 is 0 Å². The van der Waals surface area contributed by atoms with Gasteiger partial charge in [-0.2, -0.15) is 0 Å². The number of thioether (sulfide) groups is 1. The summed E-state index contributed by atoms with van der Waals surface area (Å²) in [6, 6.07) is 11.8. The molecule has 3 aromatic rings. The van der Waals surface area contributed by atoms with Crippen molar-refractivity contribution >= 4 is 23.4 Å². The fourth-order valence-electron chi connectivity index (χ4n) is 2.19. The summed E-state index contributed by atoms with van der Waals surface area (Å²) in [6.07, 6.45) is 0. The molecule has 6 nitrogen and oxygen atoms in total. The molecule has 1 aromatic heterocycles. The van der Waals surface area contributed by atoms with Crippen molar-refractivity contribution in [2.24, 2.45) is 0 Å². The van der Waals surface area contributed by atoms with Crippen molar-refractivity contribution in [1.82, 2.24) is 10.2 Å². The second-order valence-electron chi connectivity index (χ2n) is 5.37. The number of aromatic nitrogens is 2. The average Bonchev–Trinajstić information content (AvgIpc) is 3.12. The van der Waals surface area contributed by atoms with Crippen LogP contribution < -0.4 is 10.1 Å². The Kier molecular flexibility index (Phi) is 5.52. The smallest absolute Gasteiger partial charge is 0.277 e. The molecule has 3 rings (SSSR count). The third-order valence-corrected chi connectivity index (χ3v) is 4.34. The number of hydrogen-bond donors (Lipinski definition) is 1. The zero-order valence-corrected chi connectivity index (χ0v) is 15.0. The molecule has 0 saturated heterocycles. The number of carbonyl (C=O) groups is 1. The van der Waals surface area contributed by atoms with E-state index in [9.17, 15) is 9.18 Å². The first-order valence-electron chi connectivity index (χ1n) is 7.72. The van der Waals surface area contributed by atoms with Crippen molar-refractivity contribution in [1.29, 1.82) is 0 Å². The molecular weight excluding hydrogens is 357 g/mol. The first-order chi connectivity index (χ1) is 12.6. The van der Waals surface area contributed by atoms with Crippen molar-refractivity contribution < 1.29 is 18.3 Å². The molecule has 0 saturated carbocycles. The summed E-state index contributed by atoms with van der Waals surface area (Å²) in [7, 11) is 1.56. The highest BCUT2D eigenvalue weighted by molar-refractivity contribution is 7.99. The Morgan fingerprint density at radius 1 is 1.27 bits per heavy atom. The van der Waals surface area contributed by atoms with Gasteiger partial charge in [-0.25, -0.2) is 4.39 Å². The number of para-hydroxylation sites is 1. The van der Waals surface area contributed by atoms with E-state index in [1.165, 1.54) is 6.07 Å². The van der Waals surface area contributed by atoms with Gasteiger partial charge in [0.15, 0.2) is 0 Å². The maximum Gasteiger partial charge on any atom is 0.277 e. The van der Waals surface area contributed by atoms with Crippen LogP contribution in [-0.4, -0.2) is 29.0 Å². The van der Waals surface area contributed by atoms with E-state index in [1.807, 2.05) is 12.1 Å². The Balaban J connectivity index is 1.61. The van der Waals surface area contributed by atoms with Crippen molar-refractivity contribution in [3.05, 3.63) is 53.8 Å². The summed E-state index contributed by atoms with van der Waals surface area (Å²) in [5.41, 5.74) is 1.60. The molecule has 2 aromatic carbocycles. The molecule has 1 amide bonds. The number of aryl methyl sites for hydroxylation is 1. The van der Waals surface area contributed by atoms with Gasteiger partial charge in [0, 0.05) is 5.69 Å². The van der Waals surface area contributed by atoms with Gasteiger partial charge in [0.1, 0.15) is 11.6 Å². The number of hydrogen-bond acceptors (Lipinski definition) is 6. The van der Waals surface area contributed by atoms with E-state index in [4.69, 9.17) is 9.15 Å². The van der Waals surface area contributed by atoms with Gasteiger partial charge in [-0.05, 0) is 36.8 Å². The van der Waals surface area contributed by atoms with Gasteiger partial charge in [0.05, 0.1) is 18.4 Å². The van der Waals surface area contributed by atoms with Crippen LogP contribution in [0.1, 0.15) is 5.56 Å². The Morgan fingerprint density at radius 2 is 2.08 bits per heavy atom. The van der Waals surface area contributed by atoms with Crippen LogP contribution in [0.5, 0.6) is 5.75 Å². The molecule has 0 bridgehead atoms. The van der Waals surface area contributed by atoms with Crippen molar-refractivity contribution in [2.75, 3.05) is 18.2 Å². The van der Waals surface area contributed by atoms with Crippen LogP contribution in [-0.2, 0) is 4.79 Å². The number of carbonyl (C=O) groups excluding carboxylic acids is 1. The molecule has 26 heavy (non-hydrogen) atoms. The minimum absolute atomic E-state index is 0.0586. The van der Waals surface area contributed by atoms with Crippen LogP contribution in [0.15, 0.2) is 52.1 Å². The van der Waals surface area contributed by atoms with E-state index in [-0.39, 0.29) is 22.7 Å². The summed E-state index contributed by atoms with van der Waals surface area (Å²) in [6.45, 7) is 1.66. The van der Waals surface area contributed by atoms with Gasteiger partial charge < -0.3 is 14.5 Å². The van der Waals surface area contributed by atoms with E-state index in [2.05, 4.69) is 15.5 Å². The number of nitrogens with one attached hydrogen (secondary N) is 1. The minimum atomic E-state index is -0.367. The Hall–Kier alpha value is -2.87. The van der Waals surface area contributed by atoms with E-state index in [0.717, 1.165) is 11.8 Å². The summed E-state index contributed by atoms with van der Waals surface area (Å²) in [5.74, 6) is 0.324. The van der Waals surface area contributed by atoms with Crippen LogP contribution in [0.25, 0.3) is 11.5 Å². The fraction of sp³-hybridized carbons (Fsp3) is 0.167. The van der Waals surface area contributed by atoms with Crippen LogP contribution in [0, 0.1) is 12.7 Å². The van der Waals surface area contributed by atoms with Crippen LogP contribution >= 0.6 is 11.8 Å². The summed E-state index contributed by atoms with van der Waals surface area (Å²) >= 11 is 1.10. The predicted octanol–water partition coefficient (Wildman–Crippen LogP) is 3.92. The number of nitrogens with zero attached hydrogens (tertiary/aromatic N) is 2. The SMILES string of the molecule is COc1ccccc1-c1nnc(SCC(=O)Nc2ccc(C)c(F)c2)o1. The van der Waals surface area contributed by atoms with E-state index in [0.29, 0.717) is 28.5 Å². The van der Waals surface area contributed by atoms with Crippen LogP contribution in [0.3, 0.4) is 0 Å². The zero-order valence-electron chi connectivity index (χ0n) is 14.2. The number of anilines is 1. The van der Waals surface area contributed by atoms with Crippen molar-refractivity contribution in [3.8, 4) is 17.2 Å². The lowest BCUT2D eigenvalue weighted by Gasteiger charge is -2.05. The first kappa shape index (κ1) is 17.9. The monoisotopic (exact) mass is 373 g/mol. The summed E-state index contributed by atoms with van der Waals surface area (Å²) in [4.78, 5) is 12.0. The molecule has 0 atom stereocenters. The maximum atomic E-state index is 13.5. The highest BCUT2D eigenvalue weighted by Crippen LogP contribution is 2.30. The van der Waals surface area contributed by atoms with Gasteiger partial charge in [-0.15, -0.1) is 10.2 Å². The van der Waals surface area contributed by atoms with Gasteiger partial charge in [-0.3, -0.25) is 4.79 Å². The molecule has 8 heteroatoms. The summed E-state index contributed by atoms with van der Waals surface area (Å²) in [5, 5.41) is 10.8. The van der Waals surface area contributed by atoms with E-state index < -0.39 is 0 Å². The molecule has 0 unspecified atom stereocenters. The second kappa shape index (κ2) is 8.01. The topological polar surface area (TPSA) is 77.2 Å². The predicted molar refractivity (Wildman–Crippen MR) is 96.8 cm³/mol. The quantitative estimate of drug-likeness (QED) is 0.660. The Morgan fingerprint density at radius 3 is 2.85 bits per heavy atom. The lowest BCUT2D eigenvalue weighted by molar-refractivity contribution is -0.113. The first-order valence-corrected chi connectivity index (χ1v) is 8.71. The molecule has 1 N–H and O–H groups in total. The normalized spacial score (nSPS) is 10.6. The Bertz CT molecular complexity index is 930. The lowest BCUT2D eigenvalue weighted by atomic mass is 10.2. The molecular formula is C18H16FN3O3S. The zero-order chi connectivity index (χ0) is 18.5. The van der Waals surface area contributed by atoms with Crippen molar-refractivity contribution in [2.45, 2.75) is 12.1 Å².